The van der Waals surface area contributed by atoms with Crippen molar-refractivity contribution in [2.75, 3.05) is 47.5 Å². The summed E-state index contributed by atoms with van der Waals surface area (Å²) in [5.74, 6) is -2.25. The van der Waals surface area contributed by atoms with Gasteiger partial charge in [-0.15, -0.1) is 0 Å². The molecule has 0 bridgehead atoms. The number of carbonyl (C=O) groups is 3. The second-order valence-corrected chi connectivity index (χ2v) is 25.5. The molecule has 0 N–H and O–H groups in total. The number of esters is 2. The van der Waals surface area contributed by atoms with Crippen LogP contribution in [0.2, 0.25) is 0 Å². The number of likely N-dealkylation sites (N-methyl/N-ethyl adjacent to an activating group) is 1. The third-order valence-electron chi connectivity index (χ3n) is 16.1. The molecule has 0 aromatic heterocycles. The predicted octanol–water partition coefficient (Wildman–Crippen LogP) is 20.8. The van der Waals surface area contributed by atoms with Crippen molar-refractivity contribution in [1.82, 2.24) is 0 Å². The fraction of sp³-hybridized carbons (Fsp3) is 0.851. The van der Waals surface area contributed by atoms with Crippen molar-refractivity contribution >= 4 is 17.9 Å². The van der Waals surface area contributed by atoms with Crippen LogP contribution in [0.1, 0.15) is 348 Å². The summed E-state index contributed by atoms with van der Waals surface area (Å²) < 4.78 is 22.8. The molecule has 2 unspecified atom stereocenters. The van der Waals surface area contributed by atoms with Gasteiger partial charge in [-0.2, -0.15) is 0 Å². The Morgan fingerprint density at radius 1 is 0.373 bits per heavy atom. The lowest BCUT2D eigenvalue weighted by Crippen LogP contribution is -2.44. The van der Waals surface area contributed by atoms with Crippen molar-refractivity contribution in [3.05, 3.63) is 48.6 Å². The van der Waals surface area contributed by atoms with E-state index >= 15 is 0 Å². The molecule has 0 rings (SSSR count). The summed E-state index contributed by atoms with van der Waals surface area (Å²) in [5.41, 5.74) is 0. The van der Waals surface area contributed by atoms with Crippen LogP contribution in [0.3, 0.4) is 0 Å². The van der Waals surface area contributed by atoms with Crippen molar-refractivity contribution in [3.8, 4) is 0 Å². The quantitative estimate of drug-likeness (QED) is 0.0195. The molecule has 0 fully saturated rings. The molecule has 0 heterocycles. The van der Waals surface area contributed by atoms with Crippen molar-refractivity contribution in [2.45, 2.75) is 360 Å². The summed E-state index contributed by atoms with van der Waals surface area (Å²) >= 11 is 0. The molecule has 0 saturated carbocycles. The van der Waals surface area contributed by atoms with Crippen molar-refractivity contribution in [2.24, 2.45) is 0 Å². The molecule has 0 aliphatic carbocycles. The number of quaternary nitrogens is 1. The highest BCUT2D eigenvalue weighted by Gasteiger charge is 2.22. The average Bonchev–Trinajstić information content (AvgIpc) is 3.46. The van der Waals surface area contributed by atoms with Gasteiger partial charge in [-0.25, -0.2) is 0 Å². The highest BCUT2D eigenvalue weighted by atomic mass is 16.7. The molecule has 83 heavy (non-hydrogen) atoms. The number of aliphatic carboxylic acids is 1. The Kier molecular flexibility index (Phi) is 63.1. The Labute approximate surface area is 514 Å². The molecule has 9 nitrogen and oxygen atoms in total. The Balaban J connectivity index is 3.91. The lowest BCUT2D eigenvalue weighted by molar-refractivity contribution is -0.870. The number of carbonyl (C=O) groups excluding carboxylic acids is 3. The number of unbranched alkanes of at least 4 members (excludes halogenated alkanes) is 44. The van der Waals surface area contributed by atoms with Gasteiger partial charge >= 0.3 is 11.9 Å². The SMILES string of the molecule is CC/C=C\C/C=C\C/C=C\C/C=C\CCCCCCCCCCCCCCCCCCCCCCCCCCCCCCC(=O)OC(COC(=O)CCCCCCCCCCCCCCCCCCC)COC(OCC[N+](C)(C)C)C(=O)[O-]. The number of allylic oxidation sites excluding steroid dienone is 8. The first-order valence-corrected chi connectivity index (χ1v) is 35.8. The van der Waals surface area contributed by atoms with Gasteiger partial charge in [0.15, 0.2) is 12.4 Å². The largest absolute Gasteiger partial charge is 0.545 e. The molecule has 0 saturated heterocycles. The molecular weight excluding hydrogens is 1030 g/mol. The molecule has 0 aliphatic rings. The second kappa shape index (κ2) is 65.2. The van der Waals surface area contributed by atoms with Crippen LogP contribution in [0, 0.1) is 0 Å². The van der Waals surface area contributed by atoms with Crippen LogP contribution in [0.15, 0.2) is 48.6 Å². The van der Waals surface area contributed by atoms with E-state index in [0.717, 1.165) is 64.2 Å². The van der Waals surface area contributed by atoms with Crippen molar-refractivity contribution in [1.29, 1.82) is 0 Å². The minimum Gasteiger partial charge on any atom is -0.545 e. The standard InChI is InChI=1S/C74H137NO8/c1-6-8-10-12-14-16-18-20-22-24-25-26-27-28-29-30-31-32-33-34-35-36-37-38-39-40-41-42-43-44-45-46-47-49-51-53-55-57-59-61-63-65-72(77)83-70(69-82-74(73(78)79)80-67-66-75(3,4)5)68-81-71(76)64-62-60-58-56-54-52-50-48-23-21-19-17-15-13-11-9-7-2/h8,10,14,16,20,22,25-26,70,74H,6-7,9,11-13,15,17-19,21,23-24,27-69H2,1-5H3/b10-8-,16-14-,22-20-,26-25-. The highest BCUT2D eigenvalue weighted by Crippen LogP contribution is 2.19. The van der Waals surface area contributed by atoms with Crippen molar-refractivity contribution in [3.63, 3.8) is 0 Å². The maximum atomic E-state index is 12.9. The third-order valence-corrected chi connectivity index (χ3v) is 16.1. The molecule has 0 spiro atoms. The number of carboxylic acids is 1. The summed E-state index contributed by atoms with van der Waals surface area (Å²) in [6, 6.07) is 0. The summed E-state index contributed by atoms with van der Waals surface area (Å²) in [4.78, 5) is 37.4. The summed E-state index contributed by atoms with van der Waals surface area (Å²) in [7, 11) is 5.94. The Morgan fingerprint density at radius 3 is 1.02 bits per heavy atom. The van der Waals surface area contributed by atoms with E-state index in [1.54, 1.807) is 0 Å². The molecule has 0 radical (unpaired) electrons. The summed E-state index contributed by atoms with van der Waals surface area (Å²) in [6.45, 7) is 4.70. The number of nitrogens with zero attached hydrogens (tertiary/aromatic N) is 1. The fourth-order valence-corrected chi connectivity index (χ4v) is 10.7. The van der Waals surface area contributed by atoms with Crippen LogP contribution >= 0.6 is 0 Å². The Bertz CT molecular complexity index is 1500. The first-order chi connectivity index (χ1) is 40.6. The number of hydrogen-bond donors (Lipinski definition) is 0. The lowest BCUT2D eigenvalue weighted by atomic mass is 10.0. The monoisotopic (exact) mass is 1170 g/mol. The summed E-state index contributed by atoms with van der Waals surface area (Å²) in [6.07, 6.45) is 80.8. The zero-order valence-electron chi connectivity index (χ0n) is 55.6. The Hall–Kier alpha value is -2.75. The lowest BCUT2D eigenvalue weighted by Gasteiger charge is -2.26. The van der Waals surface area contributed by atoms with E-state index < -0.39 is 24.3 Å². The van der Waals surface area contributed by atoms with Crippen LogP contribution in [-0.4, -0.2) is 82.3 Å². The van der Waals surface area contributed by atoms with Gasteiger partial charge in [0.05, 0.1) is 40.3 Å². The van der Waals surface area contributed by atoms with Crippen molar-refractivity contribution < 1.29 is 42.9 Å². The van der Waals surface area contributed by atoms with Crippen LogP contribution in [0.4, 0.5) is 0 Å². The van der Waals surface area contributed by atoms with Gasteiger partial charge in [0.25, 0.3) is 0 Å². The van der Waals surface area contributed by atoms with Gasteiger partial charge in [0.1, 0.15) is 13.2 Å². The van der Waals surface area contributed by atoms with E-state index in [-0.39, 0.29) is 32.2 Å². The average molecular weight is 1170 g/mol. The highest BCUT2D eigenvalue weighted by molar-refractivity contribution is 5.70. The molecule has 2 atom stereocenters. The first kappa shape index (κ1) is 80.2. The van der Waals surface area contributed by atoms with E-state index in [1.807, 2.05) is 21.1 Å². The van der Waals surface area contributed by atoms with E-state index in [9.17, 15) is 19.5 Å². The molecule has 9 heteroatoms. The Morgan fingerprint density at radius 2 is 0.687 bits per heavy atom. The molecular formula is C74H137NO8. The number of ether oxygens (including phenoxy) is 4. The minimum atomic E-state index is -1.62. The van der Waals surface area contributed by atoms with Crippen LogP contribution in [0.5, 0.6) is 0 Å². The van der Waals surface area contributed by atoms with Gasteiger partial charge in [-0.3, -0.25) is 9.59 Å². The van der Waals surface area contributed by atoms with Gasteiger partial charge in [-0.05, 0) is 51.4 Å². The van der Waals surface area contributed by atoms with E-state index in [1.165, 1.54) is 257 Å². The molecule has 0 aromatic carbocycles. The number of hydrogen-bond acceptors (Lipinski definition) is 8. The molecule has 0 aliphatic heterocycles. The fourth-order valence-electron chi connectivity index (χ4n) is 10.7. The minimum absolute atomic E-state index is 0.151. The number of carboxylic acid groups (broad SMARTS) is 1. The number of rotatable bonds is 67. The summed E-state index contributed by atoms with van der Waals surface area (Å²) in [5, 5.41) is 11.8. The van der Waals surface area contributed by atoms with E-state index in [0.29, 0.717) is 17.4 Å². The van der Waals surface area contributed by atoms with Crippen LogP contribution in [0.25, 0.3) is 0 Å². The van der Waals surface area contributed by atoms with Crippen LogP contribution < -0.4 is 5.11 Å². The maximum absolute atomic E-state index is 12.9. The zero-order valence-corrected chi connectivity index (χ0v) is 55.6. The normalized spacial score (nSPS) is 12.9. The topological polar surface area (TPSA) is 111 Å². The molecule has 486 valence electrons. The third kappa shape index (κ3) is 66.6. The molecule has 0 aromatic rings. The smallest absolute Gasteiger partial charge is 0.306 e. The maximum Gasteiger partial charge on any atom is 0.306 e. The zero-order chi connectivity index (χ0) is 60.5. The van der Waals surface area contributed by atoms with Gasteiger partial charge < -0.3 is 33.3 Å². The van der Waals surface area contributed by atoms with E-state index in [4.69, 9.17) is 18.9 Å². The van der Waals surface area contributed by atoms with E-state index in [2.05, 4.69) is 62.5 Å². The first-order valence-electron chi connectivity index (χ1n) is 35.8. The predicted molar refractivity (Wildman–Crippen MR) is 352 cm³/mol. The molecule has 0 amide bonds. The van der Waals surface area contributed by atoms with Gasteiger partial charge in [0.2, 0.25) is 0 Å². The second-order valence-electron chi connectivity index (χ2n) is 25.5. The van der Waals surface area contributed by atoms with Crippen LogP contribution in [-0.2, 0) is 33.3 Å². The van der Waals surface area contributed by atoms with Gasteiger partial charge in [-0.1, -0.05) is 332 Å². The van der Waals surface area contributed by atoms with Gasteiger partial charge in [0, 0.05) is 12.8 Å².